The van der Waals surface area contributed by atoms with E-state index in [2.05, 4.69) is 5.32 Å². The topological polar surface area (TPSA) is 66.4 Å². The highest BCUT2D eigenvalue weighted by atomic mass is 32.2. The number of amides is 1. The molecule has 0 aliphatic rings. The molecule has 2 unspecified atom stereocenters. The van der Waals surface area contributed by atoms with Gasteiger partial charge in [-0.15, -0.1) is 0 Å². The maximum absolute atomic E-state index is 11.5. The van der Waals surface area contributed by atoms with Gasteiger partial charge in [-0.05, 0) is 19.6 Å². The van der Waals surface area contributed by atoms with Crippen LogP contribution in [0.4, 0.5) is 0 Å². The van der Waals surface area contributed by atoms with Gasteiger partial charge >= 0.3 is 5.97 Å². The lowest BCUT2D eigenvalue weighted by atomic mass is 10.1. The number of carboxylic acid groups (broad SMARTS) is 1. The number of carbonyl (C=O) groups excluding carboxylic acids is 1. The minimum atomic E-state index is -0.954. The van der Waals surface area contributed by atoms with Crippen LogP contribution in [0.5, 0.6) is 0 Å². The molecule has 88 valence electrons. The Labute approximate surface area is 94.8 Å². The largest absolute Gasteiger partial charge is 0.480 e. The zero-order chi connectivity index (χ0) is 11.8. The molecule has 0 bridgehead atoms. The first kappa shape index (κ1) is 14.3. The molecular formula is C10H19NO3S. The van der Waals surface area contributed by atoms with E-state index in [1.54, 1.807) is 6.92 Å². The average Bonchev–Trinajstić information content (AvgIpc) is 2.22. The van der Waals surface area contributed by atoms with Crippen molar-refractivity contribution in [3.63, 3.8) is 0 Å². The van der Waals surface area contributed by atoms with E-state index in [-0.39, 0.29) is 11.2 Å². The number of hydrogen-bond acceptors (Lipinski definition) is 3. The molecule has 2 N–H and O–H groups in total. The minimum absolute atomic E-state index is 0.200. The van der Waals surface area contributed by atoms with Crippen molar-refractivity contribution in [2.24, 2.45) is 0 Å². The molecule has 5 heteroatoms. The molecule has 0 saturated carbocycles. The second-order valence-corrected chi connectivity index (χ2v) is 4.60. The molecule has 4 nitrogen and oxygen atoms in total. The van der Waals surface area contributed by atoms with Gasteiger partial charge in [0.1, 0.15) is 6.04 Å². The standard InChI is InChI=1S/C10H19NO3S/c1-4-5-6-8(10(13)14)11-9(12)7(2)15-3/h7-8H,4-6H2,1-3H3,(H,11,12)(H,13,14). The molecule has 0 aliphatic heterocycles. The monoisotopic (exact) mass is 233 g/mol. The highest BCUT2D eigenvalue weighted by Crippen LogP contribution is 2.07. The molecular weight excluding hydrogens is 214 g/mol. The molecule has 0 spiro atoms. The Bertz CT molecular complexity index is 221. The van der Waals surface area contributed by atoms with E-state index >= 15 is 0 Å². The number of carboxylic acids is 1. The van der Waals surface area contributed by atoms with Gasteiger partial charge in [0.05, 0.1) is 5.25 Å². The zero-order valence-electron chi connectivity index (χ0n) is 9.45. The lowest BCUT2D eigenvalue weighted by molar-refractivity contribution is -0.141. The molecule has 1 amide bonds. The molecule has 0 aromatic rings. The first-order valence-electron chi connectivity index (χ1n) is 5.08. The predicted octanol–water partition coefficient (Wildman–Crippen LogP) is 1.50. The molecule has 0 heterocycles. The van der Waals surface area contributed by atoms with E-state index in [4.69, 9.17) is 5.11 Å². The number of hydrogen-bond donors (Lipinski definition) is 2. The number of thioether (sulfide) groups is 1. The fourth-order valence-corrected chi connectivity index (χ4v) is 1.34. The van der Waals surface area contributed by atoms with Crippen molar-refractivity contribution in [3.8, 4) is 0 Å². The lowest BCUT2D eigenvalue weighted by Gasteiger charge is -2.16. The summed E-state index contributed by atoms with van der Waals surface area (Å²) >= 11 is 1.41. The molecule has 0 rings (SSSR count). The molecule has 0 saturated heterocycles. The van der Waals surface area contributed by atoms with Gasteiger partial charge < -0.3 is 10.4 Å². The summed E-state index contributed by atoms with van der Waals surface area (Å²) in [4.78, 5) is 22.3. The van der Waals surface area contributed by atoms with E-state index in [1.165, 1.54) is 11.8 Å². The maximum atomic E-state index is 11.5. The second kappa shape index (κ2) is 7.56. The highest BCUT2D eigenvalue weighted by Gasteiger charge is 2.21. The van der Waals surface area contributed by atoms with E-state index < -0.39 is 12.0 Å². The van der Waals surface area contributed by atoms with Gasteiger partial charge in [-0.3, -0.25) is 4.79 Å². The van der Waals surface area contributed by atoms with Gasteiger partial charge in [0.15, 0.2) is 0 Å². The summed E-state index contributed by atoms with van der Waals surface area (Å²) in [6, 6.07) is -0.743. The summed E-state index contributed by atoms with van der Waals surface area (Å²) in [5.74, 6) is -1.16. The van der Waals surface area contributed by atoms with Gasteiger partial charge in [0.2, 0.25) is 5.91 Å². The first-order chi connectivity index (χ1) is 7.02. The summed E-state index contributed by atoms with van der Waals surface area (Å²) < 4.78 is 0. The third-order valence-electron chi connectivity index (χ3n) is 2.18. The van der Waals surface area contributed by atoms with Crippen molar-refractivity contribution >= 4 is 23.6 Å². The smallest absolute Gasteiger partial charge is 0.326 e. The summed E-state index contributed by atoms with van der Waals surface area (Å²) in [5.41, 5.74) is 0. The summed E-state index contributed by atoms with van der Waals surface area (Å²) in [6.07, 6.45) is 4.06. The van der Waals surface area contributed by atoms with Crippen LogP contribution in [0.2, 0.25) is 0 Å². The van der Waals surface area contributed by atoms with E-state index in [0.29, 0.717) is 6.42 Å². The van der Waals surface area contributed by atoms with Crippen molar-refractivity contribution in [2.75, 3.05) is 6.26 Å². The van der Waals surface area contributed by atoms with Crippen LogP contribution in [-0.2, 0) is 9.59 Å². The van der Waals surface area contributed by atoms with Gasteiger partial charge in [0.25, 0.3) is 0 Å². The first-order valence-corrected chi connectivity index (χ1v) is 6.37. The molecule has 0 aromatic heterocycles. The lowest BCUT2D eigenvalue weighted by Crippen LogP contribution is -2.43. The van der Waals surface area contributed by atoms with E-state index in [9.17, 15) is 9.59 Å². The van der Waals surface area contributed by atoms with Crippen molar-refractivity contribution in [1.82, 2.24) is 5.32 Å². The van der Waals surface area contributed by atoms with Gasteiger partial charge in [-0.25, -0.2) is 4.79 Å². The van der Waals surface area contributed by atoms with Crippen molar-refractivity contribution < 1.29 is 14.7 Å². The van der Waals surface area contributed by atoms with Crippen molar-refractivity contribution in [3.05, 3.63) is 0 Å². The van der Waals surface area contributed by atoms with Crippen LogP contribution in [0, 0.1) is 0 Å². The Balaban J connectivity index is 4.16. The SMILES string of the molecule is CCCCC(NC(=O)C(C)SC)C(=O)O. The highest BCUT2D eigenvalue weighted by molar-refractivity contribution is 7.99. The van der Waals surface area contributed by atoms with E-state index in [0.717, 1.165) is 12.8 Å². The van der Waals surface area contributed by atoms with Crippen LogP contribution in [-0.4, -0.2) is 34.5 Å². The third-order valence-corrected chi connectivity index (χ3v) is 3.10. The van der Waals surface area contributed by atoms with Gasteiger partial charge in [-0.2, -0.15) is 11.8 Å². The van der Waals surface area contributed by atoms with Crippen LogP contribution in [0.15, 0.2) is 0 Å². The molecule has 0 aliphatic carbocycles. The predicted molar refractivity (Wildman–Crippen MR) is 62.1 cm³/mol. The van der Waals surface area contributed by atoms with Gasteiger partial charge in [-0.1, -0.05) is 19.8 Å². The Kier molecular flexibility index (Phi) is 7.21. The minimum Gasteiger partial charge on any atom is -0.480 e. The molecule has 15 heavy (non-hydrogen) atoms. The Morgan fingerprint density at radius 2 is 2.07 bits per heavy atom. The molecule has 0 radical (unpaired) electrons. The number of nitrogens with one attached hydrogen (secondary N) is 1. The Morgan fingerprint density at radius 3 is 2.47 bits per heavy atom. The zero-order valence-corrected chi connectivity index (χ0v) is 10.3. The summed E-state index contributed by atoms with van der Waals surface area (Å²) in [5, 5.41) is 11.2. The fraction of sp³-hybridized carbons (Fsp3) is 0.800. The number of rotatable bonds is 7. The quantitative estimate of drug-likeness (QED) is 0.699. The van der Waals surface area contributed by atoms with Crippen LogP contribution < -0.4 is 5.32 Å². The number of carbonyl (C=O) groups is 2. The normalized spacial score (nSPS) is 14.3. The Morgan fingerprint density at radius 1 is 1.47 bits per heavy atom. The Hall–Kier alpha value is -0.710. The van der Waals surface area contributed by atoms with Crippen LogP contribution in [0.25, 0.3) is 0 Å². The molecule has 0 fully saturated rings. The average molecular weight is 233 g/mol. The van der Waals surface area contributed by atoms with Gasteiger partial charge in [0, 0.05) is 0 Å². The summed E-state index contributed by atoms with van der Waals surface area (Å²) in [6.45, 7) is 3.75. The van der Waals surface area contributed by atoms with Crippen molar-refractivity contribution in [1.29, 1.82) is 0 Å². The third kappa shape index (κ3) is 5.67. The molecule has 2 atom stereocenters. The number of aliphatic carboxylic acids is 1. The number of unbranched alkanes of at least 4 members (excludes halogenated alkanes) is 1. The van der Waals surface area contributed by atoms with Crippen LogP contribution >= 0.6 is 11.8 Å². The van der Waals surface area contributed by atoms with Crippen molar-refractivity contribution in [2.45, 2.75) is 44.4 Å². The van der Waals surface area contributed by atoms with Crippen LogP contribution in [0.3, 0.4) is 0 Å². The van der Waals surface area contributed by atoms with E-state index in [1.807, 2.05) is 13.2 Å². The maximum Gasteiger partial charge on any atom is 0.326 e. The fourth-order valence-electron chi connectivity index (χ4n) is 1.06. The molecule has 0 aromatic carbocycles. The summed E-state index contributed by atoms with van der Waals surface area (Å²) in [7, 11) is 0. The second-order valence-electron chi connectivity index (χ2n) is 3.42. The van der Waals surface area contributed by atoms with Crippen LogP contribution in [0.1, 0.15) is 33.1 Å².